The molecule has 1 atom stereocenters. The van der Waals surface area contributed by atoms with Crippen molar-refractivity contribution in [3.63, 3.8) is 0 Å². The number of nitrogens with zero attached hydrogens (tertiary/aromatic N) is 1. The fourth-order valence-electron chi connectivity index (χ4n) is 0.722. The molecule has 0 aliphatic rings. The molecule has 0 heterocycles. The average Bonchev–Trinajstić information content (AvgIpc) is 1.87. The van der Waals surface area contributed by atoms with Gasteiger partial charge >= 0.3 is 0 Å². The highest BCUT2D eigenvalue weighted by atomic mass is 35.5. The van der Waals surface area contributed by atoms with Gasteiger partial charge in [-0.15, -0.1) is 12.4 Å². The first-order valence-electron chi connectivity index (χ1n) is 3.35. The third-order valence-corrected chi connectivity index (χ3v) is 1.26. The molecule has 4 nitrogen and oxygen atoms in total. The van der Waals surface area contributed by atoms with E-state index in [4.69, 9.17) is 16.9 Å². The van der Waals surface area contributed by atoms with Crippen LogP contribution in [0, 0.1) is 5.41 Å². The maximum Gasteiger partial charge on any atom is 0.0889 e. The van der Waals surface area contributed by atoms with Crippen molar-refractivity contribution < 1.29 is 0 Å². The Morgan fingerprint density at radius 3 is 2.36 bits per heavy atom. The summed E-state index contributed by atoms with van der Waals surface area (Å²) in [5.41, 5.74) is 10.7. The first-order valence-corrected chi connectivity index (χ1v) is 3.35. The molecule has 0 aromatic rings. The van der Waals surface area contributed by atoms with Crippen LogP contribution in [0.3, 0.4) is 0 Å². The first-order chi connectivity index (χ1) is 4.72. The predicted octanol–water partition coefficient (Wildman–Crippen LogP) is 0.573. The lowest BCUT2D eigenvalue weighted by Gasteiger charge is -2.12. The van der Waals surface area contributed by atoms with E-state index >= 15 is 0 Å². The van der Waals surface area contributed by atoms with Gasteiger partial charge < -0.3 is 11.5 Å². The van der Waals surface area contributed by atoms with Crippen LogP contribution in [0.4, 0.5) is 0 Å². The zero-order chi connectivity index (χ0) is 7.98. The van der Waals surface area contributed by atoms with Gasteiger partial charge in [-0.3, -0.25) is 0 Å². The van der Waals surface area contributed by atoms with Gasteiger partial charge in [-0.1, -0.05) is 13.3 Å². The number of hydrogen-bond donors (Lipinski definition) is 3. The van der Waals surface area contributed by atoms with Gasteiger partial charge in [-0.05, 0) is 6.42 Å². The minimum Gasteiger partial charge on any atom is -0.314 e. The SMILES string of the molecule is CCCC(N=C=N)C(N)N.Cl. The van der Waals surface area contributed by atoms with Gasteiger partial charge in [-0.25, -0.2) is 10.4 Å². The van der Waals surface area contributed by atoms with E-state index in [2.05, 4.69) is 4.99 Å². The molecule has 0 aliphatic heterocycles. The summed E-state index contributed by atoms with van der Waals surface area (Å²) in [5.74, 6) is 0. The van der Waals surface area contributed by atoms with Crippen molar-refractivity contribution in [2.24, 2.45) is 16.5 Å². The third-order valence-electron chi connectivity index (χ3n) is 1.26. The number of hydrogen-bond acceptors (Lipinski definition) is 4. The number of nitrogens with two attached hydrogens (primary N) is 2. The van der Waals surface area contributed by atoms with Crippen molar-refractivity contribution in [1.29, 1.82) is 5.41 Å². The molecule has 1 unspecified atom stereocenters. The molecule has 0 aromatic carbocycles. The Bertz CT molecular complexity index is 131. The Morgan fingerprint density at radius 1 is 1.55 bits per heavy atom. The average molecular weight is 179 g/mol. The predicted molar refractivity (Wildman–Crippen MR) is 48.3 cm³/mol. The molecule has 5 heteroatoms. The fourth-order valence-corrected chi connectivity index (χ4v) is 0.722. The van der Waals surface area contributed by atoms with Crippen LogP contribution in [0.5, 0.6) is 0 Å². The molecule has 0 saturated heterocycles. The summed E-state index contributed by atoms with van der Waals surface area (Å²) < 4.78 is 0. The van der Waals surface area contributed by atoms with E-state index in [-0.39, 0.29) is 18.4 Å². The molecule has 0 bridgehead atoms. The second kappa shape index (κ2) is 7.69. The lowest BCUT2D eigenvalue weighted by molar-refractivity contribution is 0.506. The van der Waals surface area contributed by atoms with Gasteiger partial charge in [0.1, 0.15) is 0 Å². The molecule has 0 aliphatic carbocycles. The molecule has 0 fully saturated rings. The van der Waals surface area contributed by atoms with Crippen LogP contribution < -0.4 is 11.5 Å². The molecule has 0 spiro atoms. The summed E-state index contributed by atoms with van der Waals surface area (Å²) in [6.45, 7) is 2.02. The van der Waals surface area contributed by atoms with E-state index in [9.17, 15) is 0 Å². The van der Waals surface area contributed by atoms with Crippen molar-refractivity contribution in [2.75, 3.05) is 0 Å². The zero-order valence-corrected chi connectivity index (χ0v) is 7.40. The minimum absolute atomic E-state index is 0. The highest BCUT2D eigenvalue weighted by Gasteiger charge is 2.09. The van der Waals surface area contributed by atoms with E-state index in [1.54, 1.807) is 0 Å². The highest BCUT2D eigenvalue weighted by molar-refractivity contribution is 5.85. The largest absolute Gasteiger partial charge is 0.314 e. The smallest absolute Gasteiger partial charge is 0.0889 e. The normalized spacial score (nSPS) is 11.6. The highest BCUT2D eigenvalue weighted by Crippen LogP contribution is 2.00. The van der Waals surface area contributed by atoms with Crippen LogP contribution in [0.15, 0.2) is 4.99 Å². The molecule has 0 amide bonds. The monoisotopic (exact) mass is 178 g/mol. The van der Waals surface area contributed by atoms with Gasteiger partial charge in [0.25, 0.3) is 0 Å². The summed E-state index contributed by atoms with van der Waals surface area (Å²) in [5, 5.41) is 6.58. The van der Waals surface area contributed by atoms with E-state index in [0.717, 1.165) is 12.8 Å². The summed E-state index contributed by atoms with van der Waals surface area (Å²) >= 11 is 0. The van der Waals surface area contributed by atoms with Crippen molar-refractivity contribution >= 4 is 18.4 Å². The molecular weight excluding hydrogens is 164 g/mol. The maximum absolute atomic E-state index is 6.58. The Hall–Kier alpha value is -0.410. The third kappa shape index (κ3) is 6.01. The van der Waals surface area contributed by atoms with Gasteiger partial charge in [0.2, 0.25) is 0 Å². The summed E-state index contributed by atoms with van der Waals surface area (Å²) in [4.78, 5) is 3.68. The number of aliphatic imine (C=N–C) groups is 1. The maximum atomic E-state index is 6.58. The van der Waals surface area contributed by atoms with Gasteiger partial charge in [0.15, 0.2) is 0 Å². The van der Waals surface area contributed by atoms with Crippen LogP contribution in [0.2, 0.25) is 0 Å². The number of halogens is 1. The summed E-state index contributed by atoms with van der Waals surface area (Å²) in [6.07, 6.45) is 1.34. The van der Waals surface area contributed by atoms with E-state index in [1.165, 1.54) is 0 Å². The van der Waals surface area contributed by atoms with Crippen LogP contribution in [0.25, 0.3) is 0 Å². The van der Waals surface area contributed by atoms with Crippen LogP contribution in [-0.2, 0) is 0 Å². The first kappa shape index (κ1) is 13.2. The van der Waals surface area contributed by atoms with Crippen LogP contribution >= 0.6 is 12.4 Å². The van der Waals surface area contributed by atoms with Crippen molar-refractivity contribution in [1.82, 2.24) is 0 Å². The van der Waals surface area contributed by atoms with E-state index < -0.39 is 6.17 Å². The minimum atomic E-state index is -0.460. The molecule has 11 heavy (non-hydrogen) atoms. The number of nitrogens with one attached hydrogen (secondary N) is 1. The molecule has 66 valence electrons. The topological polar surface area (TPSA) is 88.2 Å². The molecule has 0 aromatic heterocycles. The molecule has 0 rings (SSSR count). The van der Waals surface area contributed by atoms with Gasteiger partial charge in [-0.2, -0.15) is 0 Å². The molecule has 0 radical (unpaired) electrons. The fraction of sp³-hybridized carbons (Fsp3) is 0.833. The molecular formula is C6H15ClN4. The summed E-state index contributed by atoms with van der Waals surface area (Å²) in [6, 6.07) is 1.81. The Kier molecular flexibility index (Phi) is 9.23. The van der Waals surface area contributed by atoms with Gasteiger partial charge in [0.05, 0.1) is 18.2 Å². The van der Waals surface area contributed by atoms with Crippen molar-refractivity contribution in [3.8, 4) is 0 Å². The Balaban J connectivity index is 0. The standard InChI is InChI=1S/C6H14N4.ClH/c1-2-3-5(6(8)9)10-4-7;/h5-7H,2-3,8-9H2,1H3;1H. The van der Waals surface area contributed by atoms with Crippen LogP contribution in [-0.4, -0.2) is 18.2 Å². The number of rotatable bonds is 4. The molecule has 5 N–H and O–H groups in total. The van der Waals surface area contributed by atoms with Gasteiger partial charge in [0, 0.05) is 0 Å². The lowest BCUT2D eigenvalue weighted by Crippen LogP contribution is -2.41. The Labute approximate surface area is 73.0 Å². The summed E-state index contributed by atoms with van der Waals surface area (Å²) in [7, 11) is 0. The Morgan fingerprint density at radius 2 is 2.09 bits per heavy atom. The van der Waals surface area contributed by atoms with E-state index in [0.29, 0.717) is 0 Å². The second-order valence-electron chi connectivity index (χ2n) is 2.17. The second-order valence-corrected chi connectivity index (χ2v) is 2.17. The van der Waals surface area contributed by atoms with E-state index in [1.807, 2.05) is 12.9 Å². The van der Waals surface area contributed by atoms with Crippen molar-refractivity contribution in [2.45, 2.75) is 32.0 Å². The molecule has 0 saturated carbocycles. The van der Waals surface area contributed by atoms with Crippen LogP contribution in [0.1, 0.15) is 19.8 Å². The zero-order valence-electron chi connectivity index (χ0n) is 6.58. The lowest BCUT2D eigenvalue weighted by atomic mass is 10.1. The van der Waals surface area contributed by atoms with Crippen molar-refractivity contribution in [3.05, 3.63) is 0 Å². The quantitative estimate of drug-likeness (QED) is 0.434.